The van der Waals surface area contributed by atoms with Gasteiger partial charge < -0.3 is 23.7 Å². The standard InChI is InChI=1S/C23H26O5/c1-3-18-20(25-14-16-10-6-4-7-11-16)21-19(27-23(18)24-2)15-26-22(28-21)17-12-8-5-9-13-17/h3-13,18-23H,1,14-15H2,2H3/t18?,19?,20?,21-,22?,23+/m1/s1. The molecule has 4 unspecified atom stereocenters. The summed E-state index contributed by atoms with van der Waals surface area (Å²) in [5, 5.41) is 0. The molecular formula is C23H26O5. The summed E-state index contributed by atoms with van der Waals surface area (Å²) >= 11 is 0. The monoisotopic (exact) mass is 382 g/mol. The van der Waals surface area contributed by atoms with Crippen LogP contribution in [0.2, 0.25) is 0 Å². The zero-order valence-corrected chi connectivity index (χ0v) is 16.0. The molecule has 5 heteroatoms. The van der Waals surface area contributed by atoms with Crippen molar-refractivity contribution < 1.29 is 23.7 Å². The molecule has 0 radical (unpaired) electrons. The van der Waals surface area contributed by atoms with E-state index in [2.05, 4.69) is 6.58 Å². The van der Waals surface area contributed by atoms with E-state index in [1.165, 1.54) is 0 Å². The van der Waals surface area contributed by atoms with Gasteiger partial charge in [0.15, 0.2) is 12.6 Å². The molecule has 0 aliphatic carbocycles. The van der Waals surface area contributed by atoms with Gasteiger partial charge in [-0.1, -0.05) is 66.7 Å². The van der Waals surface area contributed by atoms with Gasteiger partial charge in [-0.15, -0.1) is 6.58 Å². The van der Waals surface area contributed by atoms with Gasteiger partial charge in [0.2, 0.25) is 0 Å². The predicted molar refractivity (Wildman–Crippen MR) is 104 cm³/mol. The van der Waals surface area contributed by atoms with Crippen LogP contribution in [0.1, 0.15) is 17.4 Å². The van der Waals surface area contributed by atoms with E-state index in [1.54, 1.807) is 7.11 Å². The van der Waals surface area contributed by atoms with Crippen LogP contribution >= 0.6 is 0 Å². The molecule has 2 fully saturated rings. The summed E-state index contributed by atoms with van der Waals surface area (Å²) in [6, 6.07) is 20.0. The molecule has 0 saturated carbocycles. The van der Waals surface area contributed by atoms with Crippen LogP contribution in [0.25, 0.3) is 0 Å². The van der Waals surface area contributed by atoms with Gasteiger partial charge in [-0.25, -0.2) is 0 Å². The smallest absolute Gasteiger partial charge is 0.184 e. The van der Waals surface area contributed by atoms with Crippen molar-refractivity contribution in [3.05, 3.63) is 84.4 Å². The van der Waals surface area contributed by atoms with E-state index in [0.717, 1.165) is 11.1 Å². The highest BCUT2D eigenvalue weighted by atomic mass is 16.7. The zero-order valence-electron chi connectivity index (χ0n) is 16.0. The predicted octanol–water partition coefficient (Wildman–Crippen LogP) is 3.86. The lowest BCUT2D eigenvalue weighted by Crippen LogP contribution is -2.60. The van der Waals surface area contributed by atoms with Crippen LogP contribution in [-0.2, 0) is 30.3 Å². The minimum Gasteiger partial charge on any atom is -0.370 e. The van der Waals surface area contributed by atoms with Gasteiger partial charge in [-0.3, -0.25) is 0 Å². The third-order valence-corrected chi connectivity index (χ3v) is 5.25. The maximum Gasteiger partial charge on any atom is 0.184 e. The van der Waals surface area contributed by atoms with Crippen molar-refractivity contribution >= 4 is 0 Å². The molecule has 0 bridgehead atoms. The molecule has 2 aliphatic heterocycles. The van der Waals surface area contributed by atoms with Gasteiger partial charge in [-0.2, -0.15) is 0 Å². The lowest BCUT2D eigenvalue weighted by atomic mass is 9.90. The molecule has 0 amide bonds. The van der Waals surface area contributed by atoms with E-state index in [4.69, 9.17) is 23.7 Å². The van der Waals surface area contributed by atoms with Crippen LogP contribution in [0.5, 0.6) is 0 Å². The van der Waals surface area contributed by atoms with E-state index in [-0.39, 0.29) is 24.2 Å². The molecule has 2 aliphatic rings. The number of fused-ring (bicyclic) bond motifs is 1. The topological polar surface area (TPSA) is 46.2 Å². The van der Waals surface area contributed by atoms with Crippen LogP contribution in [0.4, 0.5) is 0 Å². The van der Waals surface area contributed by atoms with Crippen LogP contribution in [0.15, 0.2) is 73.3 Å². The Bertz CT molecular complexity index is 750. The molecule has 5 nitrogen and oxygen atoms in total. The van der Waals surface area contributed by atoms with E-state index in [1.807, 2.05) is 66.7 Å². The normalized spacial score (nSPS) is 32.5. The van der Waals surface area contributed by atoms with Crippen LogP contribution in [0, 0.1) is 5.92 Å². The fourth-order valence-corrected chi connectivity index (χ4v) is 3.80. The van der Waals surface area contributed by atoms with E-state index in [9.17, 15) is 0 Å². The second-order valence-electron chi connectivity index (χ2n) is 7.03. The third-order valence-electron chi connectivity index (χ3n) is 5.25. The van der Waals surface area contributed by atoms with Crippen molar-refractivity contribution in [2.24, 2.45) is 5.92 Å². The summed E-state index contributed by atoms with van der Waals surface area (Å²) in [5.74, 6) is -0.149. The van der Waals surface area contributed by atoms with Crippen molar-refractivity contribution in [2.75, 3.05) is 13.7 Å². The van der Waals surface area contributed by atoms with Gasteiger partial charge in [0.25, 0.3) is 0 Å². The first-order valence-electron chi connectivity index (χ1n) is 9.58. The van der Waals surface area contributed by atoms with E-state index in [0.29, 0.717) is 13.2 Å². The Hall–Kier alpha value is -2.02. The summed E-state index contributed by atoms with van der Waals surface area (Å²) in [4.78, 5) is 0. The second kappa shape index (κ2) is 8.99. The molecule has 0 aromatic heterocycles. The molecule has 0 spiro atoms. The first-order chi connectivity index (χ1) is 13.8. The number of ether oxygens (including phenoxy) is 5. The van der Waals surface area contributed by atoms with Gasteiger partial charge in [0.1, 0.15) is 12.2 Å². The Labute approximate surface area is 165 Å². The molecule has 148 valence electrons. The molecule has 0 N–H and O–H groups in total. The summed E-state index contributed by atoms with van der Waals surface area (Å²) in [6.45, 7) is 4.87. The Balaban J connectivity index is 1.55. The van der Waals surface area contributed by atoms with Gasteiger partial charge in [-0.05, 0) is 5.56 Å². The number of benzene rings is 2. The number of hydrogen-bond acceptors (Lipinski definition) is 5. The van der Waals surface area contributed by atoms with Crippen LogP contribution in [0.3, 0.4) is 0 Å². The van der Waals surface area contributed by atoms with Gasteiger partial charge in [0, 0.05) is 12.7 Å². The first-order valence-corrected chi connectivity index (χ1v) is 9.58. The van der Waals surface area contributed by atoms with Crippen molar-refractivity contribution in [3.8, 4) is 0 Å². The van der Waals surface area contributed by atoms with Gasteiger partial charge >= 0.3 is 0 Å². The lowest BCUT2D eigenvalue weighted by molar-refractivity contribution is -0.351. The highest BCUT2D eigenvalue weighted by Crippen LogP contribution is 2.38. The molecule has 2 aromatic carbocycles. The Morgan fingerprint density at radius 2 is 1.75 bits per heavy atom. The SMILES string of the molecule is C=CC1C(OCc2ccccc2)[C@@H]2OC(c3ccccc3)OCC2O[C@@H]1OC. The van der Waals surface area contributed by atoms with Crippen LogP contribution < -0.4 is 0 Å². The summed E-state index contributed by atoms with van der Waals surface area (Å²) in [6.07, 6.45) is 0.144. The molecule has 4 rings (SSSR count). The molecular weight excluding hydrogens is 356 g/mol. The number of rotatable bonds is 6. The molecule has 6 atom stereocenters. The van der Waals surface area contributed by atoms with Crippen LogP contribution in [-0.4, -0.2) is 38.3 Å². The van der Waals surface area contributed by atoms with E-state index >= 15 is 0 Å². The van der Waals surface area contributed by atoms with E-state index < -0.39 is 12.6 Å². The van der Waals surface area contributed by atoms with Crippen molar-refractivity contribution in [1.82, 2.24) is 0 Å². The summed E-state index contributed by atoms with van der Waals surface area (Å²) in [7, 11) is 1.63. The summed E-state index contributed by atoms with van der Waals surface area (Å²) < 4.78 is 30.2. The van der Waals surface area contributed by atoms with Crippen molar-refractivity contribution in [1.29, 1.82) is 0 Å². The average Bonchev–Trinajstić information content (AvgIpc) is 2.77. The Kier molecular flexibility index (Phi) is 6.20. The first kappa shape index (κ1) is 19.3. The number of methoxy groups -OCH3 is 1. The maximum absolute atomic E-state index is 6.35. The Morgan fingerprint density at radius 1 is 1.04 bits per heavy atom. The minimum atomic E-state index is -0.446. The van der Waals surface area contributed by atoms with Crippen molar-refractivity contribution in [2.45, 2.75) is 37.5 Å². The lowest BCUT2D eigenvalue weighted by Gasteiger charge is -2.48. The fraction of sp³-hybridized carbons (Fsp3) is 0.391. The Morgan fingerprint density at radius 3 is 2.43 bits per heavy atom. The van der Waals surface area contributed by atoms with Gasteiger partial charge in [0.05, 0.1) is 25.2 Å². The average molecular weight is 382 g/mol. The molecule has 2 saturated heterocycles. The second-order valence-corrected chi connectivity index (χ2v) is 7.03. The molecule has 28 heavy (non-hydrogen) atoms. The van der Waals surface area contributed by atoms with Crippen molar-refractivity contribution in [3.63, 3.8) is 0 Å². The summed E-state index contributed by atoms with van der Waals surface area (Å²) in [5.41, 5.74) is 2.08. The number of hydrogen-bond donors (Lipinski definition) is 0. The zero-order chi connectivity index (χ0) is 19.3. The molecule has 2 heterocycles. The maximum atomic E-state index is 6.35. The quantitative estimate of drug-likeness (QED) is 0.710. The fourth-order valence-electron chi connectivity index (χ4n) is 3.80. The molecule has 2 aromatic rings. The highest BCUT2D eigenvalue weighted by Gasteiger charge is 2.49. The third kappa shape index (κ3) is 4.04. The largest absolute Gasteiger partial charge is 0.370 e. The highest BCUT2D eigenvalue weighted by molar-refractivity contribution is 5.17. The minimum absolute atomic E-state index is 0.149.